The predicted molar refractivity (Wildman–Crippen MR) is 63.6 cm³/mol. The van der Waals surface area contributed by atoms with Crippen molar-refractivity contribution in [2.24, 2.45) is 0 Å². The minimum atomic E-state index is 0.391. The van der Waals surface area contributed by atoms with Crippen LogP contribution < -0.4 is 5.32 Å². The molecule has 0 aromatic heterocycles. The highest BCUT2D eigenvalue weighted by molar-refractivity contribution is 6.30. The molecule has 1 fully saturated rings. The molecule has 0 bridgehead atoms. The van der Waals surface area contributed by atoms with Crippen LogP contribution in [0.4, 0.5) is 5.69 Å². The third-order valence-electron chi connectivity index (χ3n) is 2.68. The number of nitrogens with one attached hydrogen (secondary N) is 1. The summed E-state index contributed by atoms with van der Waals surface area (Å²) in [5, 5.41) is 13.0. The number of hydrogen-bond acceptors (Lipinski definition) is 3. The summed E-state index contributed by atoms with van der Waals surface area (Å²) < 4.78 is 5.29. The molecule has 3 nitrogen and oxygen atoms in total. The van der Waals surface area contributed by atoms with Gasteiger partial charge in [-0.3, -0.25) is 0 Å². The van der Waals surface area contributed by atoms with Crippen LogP contribution in [-0.4, -0.2) is 19.3 Å². The number of rotatable bonds is 2. The lowest BCUT2D eigenvalue weighted by atomic mass is 10.1. The molecular formula is C12H13ClN2O. The van der Waals surface area contributed by atoms with Gasteiger partial charge in [-0.25, -0.2) is 0 Å². The minimum Gasteiger partial charge on any atom is -0.381 e. The maximum atomic E-state index is 9.00. The second-order valence-corrected chi connectivity index (χ2v) is 4.27. The molecule has 1 aromatic carbocycles. The largest absolute Gasteiger partial charge is 0.381 e. The van der Waals surface area contributed by atoms with Crippen molar-refractivity contribution in [2.45, 2.75) is 18.9 Å². The molecule has 0 unspecified atom stereocenters. The Labute approximate surface area is 100.0 Å². The van der Waals surface area contributed by atoms with E-state index in [1.54, 1.807) is 12.1 Å². The van der Waals surface area contributed by atoms with Gasteiger partial charge in [-0.1, -0.05) is 11.6 Å². The lowest BCUT2D eigenvalue weighted by Crippen LogP contribution is -2.28. The average molecular weight is 237 g/mol. The van der Waals surface area contributed by atoms with Crippen LogP contribution in [0.1, 0.15) is 18.4 Å². The van der Waals surface area contributed by atoms with Crippen molar-refractivity contribution in [1.82, 2.24) is 0 Å². The minimum absolute atomic E-state index is 0.391. The van der Waals surface area contributed by atoms with Crippen molar-refractivity contribution in [3.05, 3.63) is 28.8 Å². The normalized spacial score (nSPS) is 16.8. The molecule has 84 valence electrons. The van der Waals surface area contributed by atoms with Gasteiger partial charge < -0.3 is 10.1 Å². The van der Waals surface area contributed by atoms with Gasteiger partial charge in [0, 0.05) is 24.3 Å². The van der Waals surface area contributed by atoms with E-state index in [4.69, 9.17) is 21.6 Å². The average Bonchev–Trinajstić information content (AvgIpc) is 2.33. The molecule has 0 amide bonds. The number of halogens is 1. The monoisotopic (exact) mass is 236 g/mol. The topological polar surface area (TPSA) is 45.0 Å². The SMILES string of the molecule is N#Cc1cc(Cl)ccc1NC1CCOCC1. The van der Waals surface area contributed by atoms with E-state index in [0.717, 1.165) is 31.7 Å². The Morgan fingerprint density at radius 1 is 1.38 bits per heavy atom. The molecule has 1 N–H and O–H groups in total. The number of nitrogens with zero attached hydrogens (tertiary/aromatic N) is 1. The Balaban J connectivity index is 2.11. The van der Waals surface area contributed by atoms with Crippen LogP contribution in [0.15, 0.2) is 18.2 Å². The zero-order valence-electron chi connectivity index (χ0n) is 8.87. The van der Waals surface area contributed by atoms with E-state index in [1.807, 2.05) is 6.07 Å². The lowest BCUT2D eigenvalue weighted by molar-refractivity contribution is 0.0904. The van der Waals surface area contributed by atoms with Crippen molar-refractivity contribution in [3.63, 3.8) is 0 Å². The summed E-state index contributed by atoms with van der Waals surface area (Å²) >= 11 is 5.84. The standard InChI is InChI=1S/C12H13ClN2O/c13-10-1-2-12(9(7-10)8-14)15-11-3-5-16-6-4-11/h1-2,7,11,15H,3-6H2. The highest BCUT2D eigenvalue weighted by Gasteiger charge is 2.14. The third kappa shape index (κ3) is 2.66. The van der Waals surface area contributed by atoms with Crippen molar-refractivity contribution < 1.29 is 4.74 Å². The summed E-state index contributed by atoms with van der Waals surface area (Å²) in [5.41, 5.74) is 1.46. The molecule has 0 radical (unpaired) electrons. The van der Waals surface area contributed by atoms with Crippen molar-refractivity contribution >= 4 is 17.3 Å². The molecule has 1 saturated heterocycles. The van der Waals surface area contributed by atoms with Gasteiger partial charge in [-0.05, 0) is 31.0 Å². The zero-order chi connectivity index (χ0) is 11.4. The second kappa shape index (κ2) is 5.20. The van der Waals surface area contributed by atoms with Crippen LogP contribution >= 0.6 is 11.6 Å². The first-order valence-electron chi connectivity index (χ1n) is 5.33. The smallest absolute Gasteiger partial charge is 0.101 e. The maximum absolute atomic E-state index is 9.00. The van der Waals surface area contributed by atoms with E-state index < -0.39 is 0 Å². The molecule has 0 aliphatic carbocycles. The summed E-state index contributed by atoms with van der Waals surface area (Å²) in [5.74, 6) is 0. The Morgan fingerprint density at radius 2 is 2.12 bits per heavy atom. The van der Waals surface area contributed by atoms with Gasteiger partial charge in [0.2, 0.25) is 0 Å². The van der Waals surface area contributed by atoms with Crippen molar-refractivity contribution in [2.75, 3.05) is 18.5 Å². The fraction of sp³-hybridized carbons (Fsp3) is 0.417. The van der Waals surface area contributed by atoms with Crippen molar-refractivity contribution in [1.29, 1.82) is 5.26 Å². The maximum Gasteiger partial charge on any atom is 0.101 e. The van der Waals surface area contributed by atoms with Crippen LogP contribution in [0, 0.1) is 11.3 Å². The van der Waals surface area contributed by atoms with Crippen molar-refractivity contribution in [3.8, 4) is 6.07 Å². The van der Waals surface area contributed by atoms with E-state index in [-0.39, 0.29) is 0 Å². The molecule has 2 rings (SSSR count). The van der Waals surface area contributed by atoms with Gasteiger partial charge in [-0.15, -0.1) is 0 Å². The summed E-state index contributed by atoms with van der Waals surface area (Å²) in [6, 6.07) is 7.88. The van der Waals surface area contributed by atoms with Crippen LogP contribution in [0.5, 0.6) is 0 Å². The second-order valence-electron chi connectivity index (χ2n) is 3.83. The summed E-state index contributed by atoms with van der Waals surface area (Å²) in [7, 11) is 0. The molecule has 4 heteroatoms. The van der Waals surface area contributed by atoms with Crippen LogP contribution in [0.2, 0.25) is 5.02 Å². The zero-order valence-corrected chi connectivity index (χ0v) is 9.63. The first kappa shape index (κ1) is 11.3. The van der Waals surface area contributed by atoms with Crippen LogP contribution in [0.25, 0.3) is 0 Å². The Kier molecular flexibility index (Phi) is 3.66. The summed E-state index contributed by atoms with van der Waals surface area (Å²) in [4.78, 5) is 0. The van der Waals surface area contributed by atoms with Gasteiger partial charge in [0.25, 0.3) is 0 Å². The molecular weight excluding hydrogens is 224 g/mol. The van der Waals surface area contributed by atoms with E-state index in [9.17, 15) is 0 Å². The van der Waals surface area contributed by atoms with Crippen LogP contribution in [-0.2, 0) is 4.74 Å². The van der Waals surface area contributed by atoms with Crippen LogP contribution in [0.3, 0.4) is 0 Å². The first-order valence-corrected chi connectivity index (χ1v) is 5.71. The molecule has 1 heterocycles. The number of benzene rings is 1. The highest BCUT2D eigenvalue weighted by Crippen LogP contribution is 2.22. The first-order chi connectivity index (χ1) is 7.79. The molecule has 0 spiro atoms. The predicted octanol–water partition coefficient (Wildman–Crippen LogP) is 2.80. The van der Waals surface area contributed by atoms with E-state index in [1.165, 1.54) is 0 Å². The van der Waals surface area contributed by atoms with Gasteiger partial charge >= 0.3 is 0 Å². The highest BCUT2D eigenvalue weighted by atomic mass is 35.5. The Hall–Kier alpha value is -1.24. The third-order valence-corrected chi connectivity index (χ3v) is 2.92. The molecule has 1 aromatic rings. The molecule has 0 atom stereocenters. The van der Waals surface area contributed by atoms with Gasteiger partial charge in [0.15, 0.2) is 0 Å². The summed E-state index contributed by atoms with van der Waals surface area (Å²) in [6.07, 6.45) is 1.96. The van der Waals surface area contributed by atoms with Gasteiger partial charge in [0.1, 0.15) is 6.07 Å². The molecule has 1 aliphatic rings. The number of hydrogen-bond donors (Lipinski definition) is 1. The fourth-order valence-corrected chi connectivity index (χ4v) is 1.97. The Bertz CT molecular complexity index is 408. The number of ether oxygens (including phenoxy) is 1. The van der Waals surface area contributed by atoms with Gasteiger partial charge in [-0.2, -0.15) is 5.26 Å². The van der Waals surface area contributed by atoms with E-state index in [0.29, 0.717) is 16.6 Å². The summed E-state index contributed by atoms with van der Waals surface area (Å²) in [6.45, 7) is 1.57. The molecule has 1 aliphatic heterocycles. The van der Waals surface area contributed by atoms with E-state index >= 15 is 0 Å². The van der Waals surface area contributed by atoms with Gasteiger partial charge in [0.05, 0.1) is 11.3 Å². The Morgan fingerprint density at radius 3 is 2.81 bits per heavy atom. The fourth-order valence-electron chi connectivity index (χ4n) is 1.80. The quantitative estimate of drug-likeness (QED) is 0.859. The molecule has 16 heavy (non-hydrogen) atoms. The number of anilines is 1. The van der Waals surface area contributed by atoms with E-state index in [2.05, 4.69) is 11.4 Å². The lowest BCUT2D eigenvalue weighted by Gasteiger charge is -2.24. The number of nitriles is 1. The molecule has 0 saturated carbocycles.